The molecule has 0 amide bonds. The van der Waals surface area contributed by atoms with Crippen molar-refractivity contribution in [2.75, 3.05) is 0 Å². The maximum atomic E-state index is 10.8. The molecular weight excluding hydrogens is 695 g/mol. The molecule has 6 nitrogen and oxygen atoms in total. The molecule has 0 saturated carbocycles. The Balaban J connectivity index is 0.000000144. The minimum absolute atomic E-state index is 0.359. The van der Waals surface area contributed by atoms with E-state index in [2.05, 4.69) is 30.3 Å². The Morgan fingerprint density at radius 1 is 0.383 bits per heavy atom. The molecule has 2 radical (unpaired) electrons. The van der Waals surface area contributed by atoms with Crippen LogP contribution in [-0.2, 0) is 4.44 Å². The van der Waals surface area contributed by atoms with Crippen LogP contribution in [0, 0.1) is 0 Å². The first-order valence-corrected chi connectivity index (χ1v) is 17.0. The second kappa shape index (κ2) is 17.3. The standard InChI is InChI=1S/3C11H8O2.C7H7.Sn.H/c3*12-11(13)10-7-3-5-8-4-1-2-6-9(8)10;1-7-5-3-2-4-6-7;;/h3*1-7H,(H,12,13);2-6H,1H2;;. The van der Waals surface area contributed by atoms with E-state index in [1.165, 1.54) is 32.5 Å². The van der Waals surface area contributed by atoms with Gasteiger partial charge in [-0.05, 0) is 50.5 Å². The predicted octanol–water partition coefficient (Wildman–Crippen LogP) is 8.70. The summed E-state index contributed by atoms with van der Waals surface area (Å²) in [5, 5.41) is 31.9. The number of carbonyl (C=O) groups is 3. The van der Waals surface area contributed by atoms with Crippen LogP contribution in [-0.4, -0.2) is 55.8 Å². The van der Waals surface area contributed by atoms with Gasteiger partial charge in [-0.2, -0.15) is 0 Å². The van der Waals surface area contributed by atoms with Gasteiger partial charge in [-0.25, -0.2) is 14.4 Å². The topological polar surface area (TPSA) is 112 Å². The Hall–Kier alpha value is -5.47. The monoisotopic (exact) mass is 728 g/mol. The van der Waals surface area contributed by atoms with Crippen LogP contribution in [0.1, 0.15) is 36.6 Å². The number of carboxylic acid groups (broad SMARTS) is 3. The fraction of sp³-hybridized carbons (Fsp3) is 0.0250. The van der Waals surface area contributed by atoms with Crippen LogP contribution in [0.5, 0.6) is 0 Å². The van der Waals surface area contributed by atoms with Crippen LogP contribution in [0.4, 0.5) is 0 Å². The third-order valence-electron chi connectivity index (χ3n) is 7.14. The van der Waals surface area contributed by atoms with E-state index in [1.807, 2.05) is 91.0 Å². The number of rotatable bonds is 4. The molecule has 0 aliphatic heterocycles. The Morgan fingerprint density at radius 2 is 0.660 bits per heavy atom. The van der Waals surface area contributed by atoms with E-state index < -0.39 is 17.9 Å². The van der Waals surface area contributed by atoms with Crippen LogP contribution in [0.2, 0.25) is 0 Å². The molecule has 0 saturated heterocycles. The molecule has 47 heavy (non-hydrogen) atoms. The van der Waals surface area contributed by atoms with Crippen molar-refractivity contribution in [1.82, 2.24) is 0 Å². The quantitative estimate of drug-likeness (QED) is 0.157. The molecule has 0 fully saturated rings. The summed E-state index contributed by atoms with van der Waals surface area (Å²) in [6.07, 6.45) is 0. The maximum absolute atomic E-state index is 10.8. The first-order chi connectivity index (χ1) is 22.8. The molecule has 0 bridgehead atoms. The predicted molar refractivity (Wildman–Crippen MR) is 190 cm³/mol. The molecule has 0 atom stereocenters. The molecule has 0 unspecified atom stereocenters. The van der Waals surface area contributed by atoms with Crippen LogP contribution < -0.4 is 0 Å². The van der Waals surface area contributed by atoms with Gasteiger partial charge >= 0.3 is 80.8 Å². The first kappa shape index (κ1) is 34.4. The van der Waals surface area contributed by atoms with Crippen molar-refractivity contribution in [3.8, 4) is 0 Å². The van der Waals surface area contributed by atoms with E-state index in [-0.39, 0.29) is 0 Å². The number of fused-ring (bicyclic) bond motifs is 3. The van der Waals surface area contributed by atoms with Gasteiger partial charge in [-0.3, -0.25) is 0 Å². The van der Waals surface area contributed by atoms with E-state index in [0.717, 1.165) is 32.3 Å². The summed E-state index contributed by atoms with van der Waals surface area (Å²) in [7, 11) is 0. The van der Waals surface area contributed by atoms with Crippen molar-refractivity contribution in [2.45, 2.75) is 4.44 Å². The summed E-state index contributed by atoms with van der Waals surface area (Å²) in [4.78, 5) is 32.4. The number of benzene rings is 7. The van der Waals surface area contributed by atoms with E-state index in [0.29, 0.717) is 16.7 Å². The molecule has 0 aliphatic carbocycles. The van der Waals surface area contributed by atoms with Crippen LogP contribution in [0.25, 0.3) is 32.3 Å². The average Bonchev–Trinajstić information content (AvgIpc) is 3.12. The fourth-order valence-electron chi connectivity index (χ4n) is 4.85. The minimum atomic E-state index is -0.878. The van der Waals surface area contributed by atoms with Gasteiger partial charge in [0.15, 0.2) is 0 Å². The zero-order valence-corrected chi connectivity index (χ0v) is 28.7. The zero-order valence-electron chi connectivity index (χ0n) is 25.4. The third kappa shape index (κ3) is 9.51. The third-order valence-corrected chi connectivity index (χ3v) is 8.48. The van der Waals surface area contributed by atoms with Crippen LogP contribution in [0.15, 0.2) is 158 Å². The van der Waals surface area contributed by atoms with E-state index in [1.54, 1.807) is 36.4 Å². The Bertz CT molecular complexity index is 1900. The van der Waals surface area contributed by atoms with Gasteiger partial charge in [0.1, 0.15) is 0 Å². The molecular formula is C40H32O6Sn. The van der Waals surface area contributed by atoms with Crippen LogP contribution >= 0.6 is 0 Å². The van der Waals surface area contributed by atoms with Crippen molar-refractivity contribution in [1.29, 1.82) is 0 Å². The summed E-state index contributed by atoms with van der Waals surface area (Å²) in [6.45, 7) is 0. The van der Waals surface area contributed by atoms with E-state index in [4.69, 9.17) is 15.3 Å². The summed E-state index contributed by atoms with van der Waals surface area (Å²) in [5.41, 5.74) is 2.55. The molecule has 0 heterocycles. The number of carboxylic acids is 3. The molecule has 0 aliphatic rings. The Morgan fingerprint density at radius 3 is 0.936 bits per heavy atom. The molecule has 7 aromatic rings. The van der Waals surface area contributed by atoms with Gasteiger partial charge in [0.25, 0.3) is 0 Å². The van der Waals surface area contributed by atoms with Gasteiger partial charge in [0.05, 0.1) is 16.7 Å². The Labute approximate surface area is 285 Å². The van der Waals surface area contributed by atoms with Crippen molar-refractivity contribution in [3.63, 3.8) is 0 Å². The molecule has 232 valence electrons. The van der Waals surface area contributed by atoms with E-state index in [9.17, 15) is 14.4 Å². The molecule has 7 heteroatoms. The van der Waals surface area contributed by atoms with Crippen molar-refractivity contribution in [3.05, 3.63) is 180 Å². The molecule has 0 spiro atoms. The van der Waals surface area contributed by atoms with Crippen LogP contribution in [0.3, 0.4) is 0 Å². The molecule has 0 aromatic heterocycles. The number of hydrogen-bond acceptors (Lipinski definition) is 3. The SMILES string of the molecule is O=C(O)c1cccc2ccccc12.O=C(O)c1cccc2ccccc12.O=C(O)c1cccc2ccccc12.[SnH][CH2]c1ccccc1. The molecule has 7 aromatic carbocycles. The number of aromatic carboxylic acids is 3. The van der Waals surface area contributed by atoms with Crippen molar-refractivity contribution < 1.29 is 29.7 Å². The van der Waals surface area contributed by atoms with Gasteiger partial charge in [0.2, 0.25) is 0 Å². The summed E-state index contributed by atoms with van der Waals surface area (Å²) < 4.78 is 1.27. The number of hydrogen-bond donors (Lipinski definition) is 3. The van der Waals surface area contributed by atoms with E-state index >= 15 is 0 Å². The normalized spacial score (nSPS) is 9.98. The molecule has 3 N–H and O–H groups in total. The first-order valence-electron chi connectivity index (χ1n) is 14.7. The summed E-state index contributed by atoms with van der Waals surface area (Å²) >= 11 is 1.33. The average molecular weight is 727 g/mol. The summed E-state index contributed by atoms with van der Waals surface area (Å²) in [5.74, 6) is -2.63. The van der Waals surface area contributed by atoms with Gasteiger partial charge in [0, 0.05) is 0 Å². The second-order valence-electron chi connectivity index (χ2n) is 10.2. The summed E-state index contributed by atoms with van der Waals surface area (Å²) in [6, 6.07) is 48.8. The van der Waals surface area contributed by atoms with Gasteiger partial charge in [-0.1, -0.05) is 109 Å². The van der Waals surface area contributed by atoms with Crippen molar-refractivity contribution in [2.24, 2.45) is 0 Å². The second-order valence-corrected chi connectivity index (χ2v) is 11.4. The van der Waals surface area contributed by atoms with Gasteiger partial charge < -0.3 is 15.3 Å². The molecule has 7 rings (SSSR count). The van der Waals surface area contributed by atoms with Crippen molar-refractivity contribution >= 4 is 72.8 Å². The zero-order chi connectivity index (χ0) is 33.6. The Kier molecular flexibility index (Phi) is 12.7. The van der Waals surface area contributed by atoms with Gasteiger partial charge in [-0.15, -0.1) is 0 Å². The fourth-order valence-corrected chi connectivity index (χ4v) is 5.63.